The number of nitrogens with one attached hydrogen (secondary N) is 3. The van der Waals surface area contributed by atoms with E-state index in [0.717, 1.165) is 76.1 Å². The molecule has 3 N–H and O–H groups in total. The molecule has 4 amide bonds. The van der Waals surface area contributed by atoms with E-state index < -0.39 is 68.7 Å². The molecule has 55 heavy (non-hydrogen) atoms. The van der Waals surface area contributed by atoms with Gasteiger partial charge in [-0.2, -0.15) is 0 Å². The topological polar surface area (TPSA) is 186 Å². The number of hydrogen-bond acceptors (Lipinski definition) is 10. The number of benzene rings is 1. The fraction of sp³-hybridized carbons (Fsp3) is 0.650. The Hall–Kier alpha value is -4.27. The molecule has 1 aromatic heterocycles. The van der Waals surface area contributed by atoms with E-state index in [1.165, 1.54) is 11.0 Å². The Kier molecular flexibility index (Phi) is 10.5. The van der Waals surface area contributed by atoms with Crippen molar-refractivity contribution in [3.63, 3.8) is 0 Å². The highest BCUT2D eigenvalue weighted by molar-refractivity contribution is 7.91. The minimum atomic E-state index is -3.89. The first kappa shape index (κ1) is 37.6. The first-order valence-corrected chi connectivity index (χ1v) is 21.8. The molecule has 2 aliphatic heterocycles. The third-order valence-electron chi connectivity index (χ3n) is 12.7. The maximum Gasteiger partial charge on any atom is 0.408 e. The van der Waals surface area contributed by atoms with Crippen LogP contribution in [0.25, 0.3) is 11.0 Å². The van der Waals surface area contributed by atoms with Gasteiger partial charge in [-0.1, -0.05) is 43.9 Å². The molecule has 1 saturated heterocycles. The number of amides is 4. The maximum absolute atomic E-state index is 14.8. The van der Waals surface area contributed by atoms with E-state index >= 15 is 0 Å². The molecule has 1 aromatic carbocycles. The van der Waals surface area contributed by atoms with Crippen LogP contribution in [0.2, 0.25) is 0 Å². The van der Waals surface area contributed by atoms with Gasteiger partial charge in [0.1, 0.15) is 35.5 Å². The Balaban J connectivity index is 1.12. The van der Waals surface area contributed by atoms with Gasteiger partial charge in [0.05, 0.1) is 22.8 Å². The Morgan fingerprint density at radius 3 is 2.35 bits per heavy atom. The summed E-state index contributed by atoms with van der Waals surface area (Å²) in [6.07, 6.45) is 11.7. The molecule has 14 nitrogen and oxygen atoms in total. The second-order valence-electron chi connectivity index (χ2n) is 16.5. The summed E-state index contributed by atoms with van der Waals surface area (Å²) < 4.78 is 40.4. The summed E-state index contributed by atoms with van der Waals surface area (Å²) in [5.74, 6) is -1.88. The summed E-state index contributed by atoms with van der Waals surface area (Å²) in [5.41, 5.74) is 0.603. The number of sulfonamides is 1. The molecule has 6 aliphatic rings. The lowest BCUT2D eigenvalue weighted by atomic mass is 9.96. The monoisotopic (exact) mass is 776 g/mol. The highest BCUT2D eigenvalue weighted by Gasteiger charge is 2.62. The van der Waals surface area contributed by atoms with Crippen molar-refractivity contribution in [2.75, 3.05) is 6.54 Å². The van der Waals surface area contributed by atoms with Crippen LogP contribution in [0.1, 0.15) is 102 Å². The average Bonchev–Trinajstić information content (AvgIpc) is 3.95. The van der Waals surface area contributed by atoms with Crippen molar-refractivity contribution in [3.8, 4) is 5.88 Å². The quantitative estimate of drug-likeness (QED) is 0.344. The zero-order valence-electron chi connectivity index (χ0n) is 31.2. The number of aryl methyl sites for hydroxylation is 1. The van der Waals surface area contributed by atoms with Crippen LogP contribution in [0.5, 0.6) is 5.88 Å². The molecule has 0 radical (unpaired) electrons. The van der Waals surface area contributed by atoms with Gasteiger partial charge >= 0.3 is 6.09 Å². The van der Waals surface area contributed by atoms with Crippen molar-refractivity contribution in [2.24, 2.45) is 17.8 Å². The van der Waals surface area contributed by atoms with Gasteiger partial charge in [0, 0.05) is 12.3 Å². The van der Waals surface area contributed by atoms with Gasteiger partial charge in [-0.3, -0.25) is 19.1 Å². The molecule has 296 valence electrons. The fourth-order valence-electron chi connectivity index (χ4n) is 9.34. The number of alkyl carbamates (subject to hydrolysis) is 1. The number of rotatable bonds is 7. The maximum atomic E-state index is 14.8. The van der Waals surface area contributed by atoms with Crippen LogP contribution >= 0.6 is 0 Å². The minimum Gasteiger partial charge on any atom is -0.471 e. The van der Waals surface area contributed by atoms with E-state index in [2.05, 4.69) is 21.9 Å². The van der Waals surface area contributed by atoms with Crippen molar-refractivity contribution < 1.29 is 37.1 Å². The van der Waals surface area contributed by atoms with Crippen molar-refractivity contribution >= 4 is 44.9 Å². The SMILES string of the molecule is C=CC1C[C@]1(NC(=O)[C@@H]1C[C@@H]2CN1C(=O)[C@H](C1CCCC1)NC(=O)O[C@@H]1CCC[C@H]1CCCCCc1nc3ccccc3nc1O2)C(=O)NS(=O)(=O)C1CC1. The highest BCUT2D eigenvalue weighted by Crippen LogP contribution is 2.46. The Morgan fingerprint density at radius 1 is 0.909 bits per heavy atom. The molecule has 1 unspecified atom stereocenters. The van der Waals surface area contributed by atoms with E-state index in [-0.39, 0.29) is 37.3 Å². The molecular weight excluding hydrogens is 725 g/mol. The molecule has 5 fully saturated rings. The zero-order valence-corrected chi connectivity index (χ0v) is 32.1. The number of hydrogen-bond donors (Lipinski definition) is 3. The van der Waals surface area contributed by atoms with E-state index in [1.807, 2.05) is 24.3 Å². The third kappa shape index (κ3) is 7.90. The van der Waals surface area contributed by atoms with Gasteiger partial charge in [0.25, 0.3) is 5.91 Å². The number of carbonyl (C=O) groups is 4. The Labute approximate surface area is 322 Å². The summed E-state index contributed by atoms with van der Waals surface area (Å²) >= 11 is 0. The van der Waals surface area contributed by atoms with Crippen molar-refractivity contribution in [1.82, 2.24) is 30.2 Å². The van der Waals surface area contributed by atoms with Crippen molar-refractivity contribution in [1.29, 1.82) is 0 Å². The lowest BCUT2D eigenvalue weighted by molar-refractivity contribution is -0.142. The summed E-state index contributed by atoms with van der Waals surface area (Å²) in [4.78, 5) is 67.7. The summed E-state index contributed by atoms with van der Waals surface area (Å²) in [6.45, 7) is 3.84. The number of aromatic nitrogens is 2. The van der Waals surface area contributed by atoms with Gasteiger partial charge in [-0.25, -0.2) is 23.2 Å². The number of fused-ring (bicyclic) bond motifs is 5. The molecule has 3 heterocycles. The van der Waals surface area contributed by atoms with Gasteiger partial charge in [-0.15, -0.1) is 6.58 Å². The standard InChI is InChI=1S/C40H52N6O8S/c1-2-26-22-40(26,38(49)45-55(51,52)28-19-20-28)44-35(47)32-21-27-23-46(32)37(48)34(25-12-6-7-13-25)43-39(50)54-33-18-10-14-24(33)11-4-3-5-17-31-36(53-27)42-30-16-9-8-15-29(30)41-31/h2,8-9,15-16,24-28,32-34H,1,3-7,10-14,17-23H2,(H,43,50)(H,44,47)(H,45,49)/t24-,26?,27-,32+,33-,34+,40-/m1/s1. The zero-order chi connectivity index (χ0) is 38.3. The van der Waals surface area contributed by atoms with Gasteiger partial charge in [-0.05, 0) is 94.6 Å². The molecule has 7 atom stereocenters. The van der Waals surface area contributed by atoms with E-state index in [9.17, 15) is 27.6 Å². The van der Waals surface area contributed by atoms with E-state index in [1.54, 1.807) is 0 Å². The molecule has 4 aliphatic carbocycles. The molecule has 4 saturated carbocycles. The lowest BCUT2D eigenvalue weighted by Crippen LogP contribution is -2.59. The smallest absolute Gasteiger partial charge is 0.408 e. The largest absolute Gasteiger partial charge is 0.471 e. The first-order valence-electron chi connectivity index (χ1n) is 20.2. The Bertz CT molecular complexity index is 1950. The first-order chi connectivity index (χ1) is 26.5. The van der Waals surface area contributed by atoms with Crippen LogP contribution in [-0.2, 0) is 35.6 Å². The summed E-state index contributed by atoms with van der Waals surface area (Å²) in [7, 11) is -3.89. The summed E-state index contributed by atoms with van der Waals surface area (Å²) in [5, 5.41) is 5.18. The summed E-state index contributed by atoms with van der Waals surface area (Å²) in [6, 6.07) is 5.56. The van der Waals surface area contributed by atoms with Gasteiger partial charge in [0.15, 0.2) is 0 Å². The lowest BCUT2D eigenvalue weighted by Gasteiger charge is -2.32. The molecular formula is C40H52N6O8S. The number of carbonyl (C=O) groups excluding carboxylic acids is 4. The van der Waals surface area contributed by atoms with Crippen molar-refractivity contribution in [3.05, 3.63) is 42.6 Å². The number of para-hydroxylation sites is 2. The fourth-order valence-corrected chi connectivity index (χ4v) is 10.7. The molecule has 2 aromatic rings. The predicted octanol–water partition coefficient (Wildman–Crippen LogP) is 4.22. The number of ether oxygens (including phenoxy) is 2. The second kappa shape index (κ2) is 15.3. The van der Waals surface area contributed by atoms with Crippen LogP contribution < -0.4 is 20.1 Å². The van der Waals surface area contributed by atoms with E-state index in [0.29, 0.717) is 36.4 Å². The van der Waals surface area contributed by atoms with Gasteiger partial charge in [0.2, 0.25) is 27.7 Å². The van der Waals surface area contributed by atoms with E-state index in [4.69, 9.17) is 19.4 Å². The normalized spacial score (nSPS) is 31.9. The van der Waals surface area contributed by atoms with Crippen LogP contribution in [0.15, 0.2) is 36.9 Å². The van der Waals surface area contributed by atoms with Crippen LogP contribution in [0, 0.1) is 17.8 Å². The third-order valence-corrected chi connectivity index (χ3v) is 14.5. The van der Waals surface area contributed by atoms with Crippen LogP contribution in [0.3, 0.4) is 0 Å². The van der Waals surface area contributed by atoms with Gasteiger partial charge < -0.3 is 25.0 Å². The molecule has 0 spiro atoms. The van der Waals surface area contributed by atoms with Crippen molar-refractivity contribution in [2.45, 2.75) is 138 Å². The molecule has 8 rings (SSSR count). The second-order valence-corrected chi connectivity index (χ2v) is 18.5. The average molecular weight is 777 g/mol. The van der Waals surface area contributed by atoms with Crippen LogP contribution in [0.4, 0.5) is 4.79 Å². The minimum absolute atomic E-state index is 0.0235. The predicted molar refractivity (Wildman–Crippen MR) is 202 cm³/mol. The van der Waals surface area contributed by atoms with Crippen LogP contribution in [-0.4, -0.2) is 88.7 Å². The number of nitrogens with zero attached hydrogens (tertiary/aromatic N) is 3. The molecule has 2 bridgehead atoms. The highest BCUT2D eigenvalue weighted by atomic mass is 32.2. The molecule has 15 heteroatoms. The Morgan fingerprint density at radius 2 is 1.62 bits per heavy atom.